The van der Waals surface area contributed by atoms with Crippen LogP contribution in [0.5, 0.6) is 0 Å². The predicted octanol–water partition coefficient (Wildman–Crippen LogP) is 5.07. The molecule has 0 aliphatic heterocycles. The lowest BCUT2D eigenvalue weighted by molar-refractivity contribution is -0.126. The first-order valence-electron chi connectivity index (χ1n) is 9.31. The van der Waals surface area contributed by atoms with E-state index in [2.05, 4.69) is 13.8 Å². The van der Waals surface area contributed by atoms with Crippen molar-refractivity contribution in [1.82, 2.24) is 0 Å². The van der Waals surface area contributed by atoms with Crippen LogP contribution in [-0.4, -0.2) is 11.8 Å². The number of unbranched alkanes of at least 4 members (excludes halogenated alkanes) is 6. The Hall–Kier alpha value is -1.84. The molecule has 0 aromatic heterocycles. The van der Waals surface area contributed by atoms with Crippen molar-refractivity contribution in [3.8, 4) is 0 Å². The Labute approximate surface area is 146 Å². The van der Waals surface area contributed by atoms with Crippen molar-refractivity contribution >= 4 is 23.2 Å². The van der Waals surface area contributed by atoms with Gasteiger partial charge in [0.15, 0.2) is 0 Å². The van der Waals surface area contributed by atoms with Crippen LogP contribution in [0.1, 0.15) is 78.1 Å². The second kappa shape index (κ2) is 11.7. The van der Waals surface area contributed by atoms with E-state index in [1.165, 1.54) is 4.90 Å². The second-order valence-electron chi connectivity index (χ2n) is 6.34. The topological polar surface area (TPSA) is 63.4 Å². The number of rotatable bonds is 11. The summed E-state index contributed by atoms with van der Waals surface area (Å²) in [7, 11) is 0. The SMILES string of the molecule is CCCCCCC(=O)N(C(=O)CCCCCC)c1ccc(N)cc1. The summed E-state index contributed by atoms with van der Waals surface area (Å²) < 4.78 is 0. The molecule has 1 aromatic carbocycles. The maximum atomic E-state index is 12.6. The molecule has 134 valence electrons. The molecule has 0 aliphatic carbocycles. The van der Waals surface area contributed by atoms with Crippen LogP contribution in [-0.2, 0) is 9.59 Å². The van der Waals surface area contributed by atoms with E-state index in [0.717, 1.165) is 51.4 Å². The van der Waals surface area contributed by atoms with E-state index in [9.17, 15) is 9.59 Å². The number of benzene rings is 1. The fraction of sp³-hybridized carbons (Fsp3) is 0.600. The molecule has 0 heterocycles. The average molecular weight is 332 g/mol. The van der Waals surface area contributed by atoms with Gasteiger partial charge in [-0.1, -0.05) is 52.4 Å². The summed E-state index contributed by atoms with van der Waals surface area (Å²) in [6.07, 6.45) is 9.09. The van der Waals surface area contributed by atoms with Crippen molar-refractivity contribution in [2.75, 3.05) is 10.6 Å². The molecule has 0 radical (unpaired) electrons. The third-order valence-corrected chi connectivity index (χ3v) is 4.14. The van der Waals surface area contributed by atoms with Crippen LogP contribution in [0.2, 0.25) is 0 Å². The zero-order chi connectivity index (χ0) is 17.8. The van der Waals surface area contributed by atoms with Crippen LogP contribution >= 0.6 is 0 Å². The average Bonchev–Trinajstić information content (AvgIpc) is 2.57. The van der Waals surface area contributed by atoms with Gasteiger partial charge in [0.1, 0.15) is 0 Å². The molecule has 0 fully saturated rings. The first-order valence-corrected chi connectivity index (χ1v) is 9.31. The summed E-state index contributed by atoms with van der Waals surface area (Å²) in [4.78, 5) is 26.6. The summed E-state index contributed by atoms with van der Waals surface area (Å²) in [6, 6.07) is 6.97. The highest BCUT2D eigenvalue weighted by atomic mass is 16.2. The molecule has 1 rings (SSSR count). The van der Waals surface area contributed by atoms with Crippen LogP contribution in [0.4, 0.5) is 11.4 Å². The number of imide groups is 1. The Morgan fingerprint density at radius 2 is 1.25 bits per heavy atom. The van der Waals surface area contributed by atoms with E-state index >= 15 is 0 Å². The Kier molecular flexibility index (Phi) is 9.81. The van der Waals surface area contributed by atoms with Crippen molar-refractivity contribution < 1.29 is 9.59 Å². The number of hydrogen-bond acceptors (Lipinski definition) is 3. The number of nitrogens with two attached hydrogens (primary N) is 1. The largest absolute Gasteiger partial charge is 0.399 e. The van der Waals surface area contributed by atoms with Crippen LogP contribution in [0.3, 0.4) is 0 Å². The highest BCUT2D eigenvalue weighted by Crippen LogP contribution is 2.20. The zero-order valence-corrected chi connectivity index (χ0v) is 15.2. The van der Waals surface area contributed by atoms with E-state index in [4.69, 9.17) is 5.73 Å². The molecular weight excluding hydrogens is 300 g/mol. The van der Waals surface area contributed by atoms with Gasteiger partial charge < -0.3 is 5.73 Å². The van der Waals surface area contributed by atoms with Gasteiger partial charge >= 0.3 is 0 Å². The molecule has 0 bridgehead atoms. The minimum atomic E-state index is -0.101. The smallest absolute Gasteiger partial charge is 0.233 e. The van der Waals surface area contributed by atoms with Gasteiger partial charge in [0, 0.05) is 18.5 Å². The molecule has 0 unspecified atom stereocenters. The second-order valence-corrected chi connectivity index (χ2v) is 6.34. The van der Waals surface area contributed by atoms with Gasteiger partial charge in [0.25, 0.3) is 0 Å². The van der Waals surface area contributed by atoms with E-state index in [0.29, 0.717) is 24.2 Å². The summed E-state index contributed by atoms with van der Waals surface area (Å²) in [5.74, 6) is -0.201. The van der Waals surface area contributed by atoms with Crippen molar-refractivity contribution in [1.29, 1.82) is 0 Å². The van der Waals surface area contributed by atoms with Gasteiger partial charge in [-0.3, -0.25) is 14.5 Å². The van der Waals surface area contributed by atoms with Gasteiger partial charge in [0.2, 0.25) is 11.8 Å². The Morgan fingerprint density at radius 1 is 0.792 bits per heavy atom. The number of carbonyl (C=O) groups excluding carboxylic acids is 2. The standard InChI is InChI=1S/C20H32N2O2/c1-3-5-7-9-11-19(23)22(18-15-13-17(21)14-16-18)20(24)12-10-8-6-4-2/h13-16H,3-12,21H2,1-2H3. The molecule has 0 atom stereocenters. The molecule has 4 heteroatoms. The van der Waals surface area contributed by atoms with Crippen molar-refractivity contribution in [3.05, 3.63) is 24.3 Å². The molecular formula is C20H32N2O2. The number of nitrogen functional groups attached to an aromatic ring is 1. The summed E-state index contributed by atoms with van der Waals surface area (Å²) in [6.45, 7) is 4.28. The van der Waals surface area contributed by atoms with E-state index in [1.807, 2.05) is 0 Å². The van der Waals surface area contributed by atoms with E-state index < -0.39 is 0 Å². The molecule has 2 N–H and O–H groups in total. The highest BCUT2D eigenvalue weighted by Gasteiger charge is 2.22. The van der Waals surface area contributed by atoms with Gasteiger partial charge in [-0.05, 0) is 37.1 Å². The monoisotopic (exact) mass is 332 g/mol. The minimum Gasteiger partial charge on any atom is -0.399 e. The number of anilines is 2. The quantitative estimate of drug-likeness (QED) is 0.454. The zero-order valence-electron chi connectivity index (χ0n) is 15.2. The lowest BCUT2D eigenvalue weighted by Gasteiger charge is -2.21. The first-order chi connectivity index (χ1) is 11.6. The normalized spacial score (nSPS) is 10.6. The Bertz CT molecular complexity index is 473. The molecule has 2 amide bonds. The molecule has 0 spiro atoms. The van der Waals surface area contributed by atoms with E-state index in [1.54, 1.807) is 24.3 Å². The molecule has 0 aliphatic rings. The molecule has 4 nitrogen and oxygen atoms in total. The van der Waals surface area contributed by atoms with Gasteiger partial charge in [-0.25, -0.2) is 0 Å². The van der Waals surface area contributed by atoms with Gasteiger partial charge in [0.05, 0.1) is 5.69 Å². The van der Waals surface area contributed by atoms with E-state index in [-0.39, 0.29) is 11.8 Å². The van der Waals surface area contributed by atoms with Crippen molar-refractivity contribution in [2.24, 2.45) is 0 Å². The maximum absolute atomic E-state index is 12.6. The lowest BCUT2D eigenvalue weighted by Crippen LogP contribution is -2.36. The number of amides is 2. The van der Waals surface area contributed by atoms with Crippen LogP contribution in [0, 0.1) is 0 Å². The maximum Gasteiger partial charge on any atom is 0.233 e. The summed E-state index contributed by atoms with van der Waals surface area (Å²) >= 11 is 0. The molecule has 24 heavy (non-hydrogen) atoms. The fourth-order valence-corrected chi connectivity index (χ4v) is 2.68. The number of hydrogen-bond donors (Lipinski definition) is 1. The lowest BCUT2D eigenvalue weighted by atomic mass is 10.1. The third kappa shape index (κ3) is 7.16. The Morgan fingerprint density at radius 3 is 1.67 bits per heavy atom. The fourth-order valence-electron chi connectivity index (χ4n) is 2.68. The summed E-state index contributed by atoms with van der Waals surface area (Å²) in [5, 5.41) is 0. The van der Waals surface area contributed by atoms with Crippen LogP contribution in [0.25, 0.3) is 0 Å². The molecule has 0 saturated carbocycles. The first kappa shape index (κ1) is 20.2. The molecule has 1 aromatic rings. The van der Waals surface area contributed by atoms with Crippen molar-refractivity contribution in [3.63, 3.8) is 0 Å². The van der Waals surface area contributed by atoms with Crippen LogP contribution in [0.15, 0.2) is 24.3 Å². The minimum absolute atomic E-state index is 0.101. The molecule has 0 saturated heterocycles. The van der Waals surface area contributed by atoms with Crippen LogP contribution < -0.4 is 10.6 Å². The number of nitrogens with zero attached hydrogens (tertiary/aromatic N) is 1. The Balaban J connectivity index is 2.73. The predicted molar refractivity (Wildman–Crippen MR) is 101 cm³/mol. The van der Waals surface area contributed by atoms with Gasteiger partial charge in [-0.2, -0.15) is 0 Å². The van der Waals surface area contributed by atoms with Crippen molar-refractivity contribution in [2.45, 2.75) is 78.1 Å². The summed E-state index contributed by atoms with van der Waals surface area (Å²) in [5.41, 5.74) is 6.98. The number of carbonyl (C=O) groups is 2. The highest BCUT2D eigenvalue weighted by molar-refractivity contribution is 6.14. The van der Waals surface area contributed by atoms with Gasteiger partial charge in [-0.15, -0.1) is 0 Å². The third-order valence-electron chi connectivity index (χ3n) is 4.14.